The predicted molar refractivity (Wildman–Crippen MR) is 299 cm³/mol. The minimum atomic E-state index is -3.33. The molecule has 1 heterocycles. The lowest BCUT2D eigenvalue weighted by Gasteiger charge is -2.50. The Kier molecular flexibility index (Phi) is 19.6. The zero-order valence-corrected chi connectivity index (χ0v) is 50.8. The van der Waals surface area contributed by atoms with Crippen LogP contribution in [0.3, 0.4) is 0 Å². The summed E-state index contributed by atoms with van der Waals surface area (Å²) < 4.78 is 30.3. The van der Waals surface area contributed by atoms with Gasteiger partial charge in [-0.15, -0.1) is 0 Å². The van der Waals surface area contributed by atoms with Gasteiger partial charge >= 0.3 is 34.2 Å². The summed E-state index contributed by atoms with van der Waals surface area (Å²) in [7, 11) is -13.2. The Labute approximate surface area is 461 Å². The first-order valence-electron chi connectivity index (χ1n) is 26.2. The van der Waals surface area contributed by atoms with E-state index in [1.54, 1.807) is 6.08 Å². The number of nitrogens with zero attached hydrogens (tertiary/aromatic N) is 9. The number of hydrogen-bond acceptors (Lipinski definition) is 17. The molecule has 4 N–H and O–H groups in total. The summed E-state index contributed by atoms with van der Waals surface area (Å²) in [6.45, 7) is 24.6. The SMILES string of the molecule is CC1(C)CC(NCC[Si]2(C)O[Si](C)(CCNC3=CC(=C(C#N)C#N)CC(C)(C)C3)O[Si](C)(CCNC3=CC(=C(C#N)C#N)CC(C)(C#N)C3)O[Si](C)(CCNC3=CC(=C(C#N)C#N)CC(C)(C)C3)O2)=CC(=C(C#N)C#N)C1. The smallest absolute Gasteiger partial charge is 0.319 e. The Bertz CT molecular complexity index is 2860. The van der Waals surface area contributed by atoms with E-state index in [0.717, 1.165) is 22.8 Å². The van der Waals surface area contributed by atoms with E-state index in [4.69, 9.17) is 16.5 Å². The fourth-order valence-corrected chi connectivity index (χ4v) is 33.8. The summed E-state index contributed by atoms with van der Waals surface area (Å²) in [6.07, 6.45) is 12.2. The Morgan fingerprint density at radius 1 is 0.377 bits per heavy atom. The van der Waals surface area contributed by atoms with Crippen LogP contribution >= 0.6 is 0 Å². The summed E-state index contributed by atoms with van der Waals surface area (Å²) in [4.78, 5) is 0. The maximum absolute atomic E-state index is 10.2. The molecule has 21 heteroatoms. The van der Waals surface area contributed by atoms with Crippen LogP contribution in [0.25, 0.3) is 0 Å². The van der Waals surface area contributed by atoms with E-state index in [0.29, 0.717) is 118 Å². The zero-order chi connectivity index (χ0) is 57.1. The van der Waals surface area contributed by atoms with Gasteiger partial charge in [0.2, 0.25) is 0 Å². The zero-order valence-electron chi connectivity index (χ0n) is 46.8. The Morgan fingerprint density at radius 2 is 0.597 bits per heavy atom. The molecule has 3 atom stereocenters. The van der Waals surface area contributed by atoms with E-state index in [-0.39, 0.29) is 45.0 Å². The van der Waals surface area contributed by atoms with Gasteiger partial charge in [0.25, 0.3) is 0 Å². The molecule has 0 amide bonds. The van der Waals surface area contributed by atoms with Crippen LogP contribution in [0.1, 0.15) is 99.8 Å². The molecular formula is C56H73N13O4Si4. The third kappa shape index (κ3) is 16.9. The number of allylic oxidation sites excluding steroid dienone is 16. The van der Waals surface area contributed by atoms with Crippen molar-refractivity contribution >= 4 is 34.2 Å². The highest BCUT2D eigenvalue weighted by Gasteiger charge is 2.56. The molecule has 1 saturated heterocycles. The molecule has 0 aromatic rings. The quantitative estimate of drug-likeness (QED) is 0.0825. The molecule has 1 aliphatic heterocycles. The van der Waals surface area contributed by atoms with Crippen molar-refractivity contribution in [2.45, 2.75) is 150 Å². The van der Waals surface area contributed by atoms with Gasteiger partial charge in [-0.1, -0.05) is 41.5 Å². The lowest BCUT2D eigenvalue weighted by molar-refractivity contribution is 0.222. The molecule has 0 bridgehead atoms. The lowest BCUT2D eigenvalue weighted by atomic mass is 9.75. The van der Waals surface area contributed by atoms with E-state index in [9.17, 15) is 47.4 Å². The van der Waals surface area contributed by atoms with Gasteiger partial charge in [0.15, 0.2) is 0 Å². The molecule has 77 heavy (non-hydrogen) atoms. The highest BCUT2D eigenvalue weighted by atomic mass is 28.5. The van der Waals surface area contributed by atoms with Crippen molar-refractivity contribution in [2.75, 3.05) is 26.2 Å². The summed E-state index contributed by atoms with van der Waals surface area (Å²) in [5.41, 5.74) is 4.90. The number of rotatable bonds is 16. The number of hydrogen-bond donors (Lipinski definition) is 4. The van der Waals surface area contributed by atoms with Crippen molar-refractivity contribution in [3.63, 3.8) is 0 Å². The van der Waals surface area contributed by atoms with Crippen LogP contribution < -0.4 is 21.3 Å². The fourth-order valence-electron chi connectivity index (χ4n) is 11.4. The first kappa shape index (κ1) is 61.1. The molecule has 17 nitrogen and oxygen atoms in total. The van der Waals surface area contributed by atoms with Gasteiger partial charge in [0, 0.05) is 79.6 Å². The molecule has 0 saturated carbocycles. The van der Waals surface area contributed by atoms with Crippen molar-refractivity contribution in [3.8, 4) is 54.6 Å². The van der Waals surface area contributed by atoms with Crippen LogP contribution in [0.4, 0.5) is 0 Å². The maximum atomic E-state index is 10.2. The second-order valence-corrected chi connectivity index (χ2v) is 38.7. The lowest BCUT2D eigenvalue weighted by Crippen LogP contribution is -2.68. The van der Waals surface area contributed by atoms with Crippen LogP contribution in [0, 0.1) is 124 Å². The predicted octanol–water partition coefficient (Wildman–Crippen LogP) is 10.4. The molecule has 0 aromatic carbocycles. The van der Waals surface area contributed by atoms with Crippen molar-refractivity contribution in [1.29, 1.82) is 47.4 Å². The summed E-state index contributed by atoms with van der Waals surface area (Å²) in [6, 6.07) is 20.7. The molecule has 1 fully saturated rings. The average Bonchev–Trinajstić information content (AvgIpc) is 3.31. The van der Waals surface area contributed by atoms with Crippen molar-refractivity contribution in [3.05, 3.63) is 91.7 Å². The summed E-state index contributed by atoms with van der Waals surface area (Å²) in [5.74, 6) is 0. The van der Waals surface area contributed by atoms with Gasteiger partial charge in [0.1, 0.15) is 70.8 Å². The van der Waals surface area contributed by atoms with Gasteiger partial charge in [-0.2, -0.15) is 47.4 Å². The van der Waals surface area contributed by atoms with Crippen LogP contribution in [0.2, 0.25) is 50.4 Å². The minimum absolute atomic E-state index is 0.0280. The van der Waals surface area contributed by atoms with E-state index < -0.39 is 39.7 Å². The summed E-state index contributed by atoms with van der Waals surface area (Å²) in [5, 5.41) is 103. The Hall–Kier alpha value is -6.76. The van der Waals surface area contributed by atoms with E-state index in [1.807, 2.05) is 37.3 Å². The first-order chi connectivity index (χ1) is 36.1. The second-order valence-electron chi connectivity index (χ2n) is 24.4. The van der Waals surface area contributed by atoms with Crippen molar-refractivity contribution < 1.29 is 16.5 Å². The van der Waals surface area contributed by atoms with Crippen LogP contribution in [-0.4, -0.2) is 60.4 Å². The maximum Gasteiger partial charge on any atom is 0.319 e. The molecule has 402 valence electrons. The van der Waals surface area contributed by atoms with E-state index in [2.05, 4.69) is 131 Å². The molecule has 0 radical (unpaired) electrons. The average molecular weight is 1100 g/mol. The minimum Gasteiger partial charge on any atom is -0.415 e. The monoisotopic (exact) mass is 1100 g/mol. The van der Waals surface area contributed by atoms with Crippen molar-refractivity contribution in [2.24, 2.45) is 21.7 Å². The normalized spacial score (nSPS) is 28.1. The van der Waals surface area contributed by atoms with E-state index >= 15 is 0 Å². The number of nitrogens with one attached hydrogen (secondary N) is 4. The first-order valence-corrected chi connectivity index (χ1v) is 36.3. The molecule has 0 aromatic heterocycles. The third-order valence-corrected chi connectivity index (χ3v) is 32.9. The highest BCUT2D eigenvalue weighted by Crippen LogP contribution is 2.43. The van der Waals surface area contributed by atoms with Crippen LogP contribution in [-0.2, 0) is 16.5 Å². The van der Waals surface area contributed by atoms with Crippen LogP contribution in [0.5, 0.6) is 0 Å². The molecule has 0 spiro atoms. The highest BCUT2D eigenvalue weighted by molar-refractivity contribution is 6.94. The topological polar surface area (TPSA) is 299 Å². The molecule has 5 rings (SSSR count). The Balaban J connectivity index is 1.54. The van der Waals surface area contributed by atoms with Crippen LogP contribution in [0.15, 0.2) is 91.7 Å². The largest absolute Gasteiger partial charge is 0.415 e. The van der Waals surface area contributed by atoms with Gasteiger partial charge in [-0.25, -0.2) is 0 Å². The van der Waals surface area contributed by atoms with Gasteiger partial charge < -0.3 is 37.7 Å². The molecule has 5 aliphatic rings. The molecule has 3 unspecified atom stereocenters. The standard InChI is InChI=1S/C56H73N13O4Si4/c1-53(2)24-41(45(32-57)33-58)20-49(28-53)66-12-16-74(8)70-75(9,17-13-67-50-21-42(46(34-59)35-60)25-54(3,4)29-50)72-77(11,19-15-69-52-23-44(48(38-63)39-64)27-56(7,31-52)40-65)73-76(10,71-74)18-14-68-51-22-43(47(36-61)37-62)26-55(5,6)30-51/h20-23,66-69H,12-19,24-31H2,1-11H3. The van der Waals surface area contributed by atoms with Gasteiger partial charge in [-0.3, -0.25) is 0 Å². The second kappa shape index (κ2) is 24.7. The van der Waals surface area contributed by atoms with E-state index in [1.165, 1.54) is 0 Å². The van der Waals surface area contributed by atoms with Gasteiger partial charge in [-0.05, 0) is 141 Å². The number of nitriles is 9. The third-order valence-electron chi connectivity index (χ3n) is 14.5. The van der Waals surface area contributed by atoms with Crippen molar-refractivity contribution in [1.82, 2.24) is 21.3 Å². The Morgan fingerprint density at radius 3 is 0.818 bits per heavy atom. The molecule has 4 aliphatic carbocycles. The fraction of sp³-hybridized carbons (Fsp3) is 0.554. The summed E-state index contributed by atoms with van der Waals surface area (Å²) >= 11 is 0. The molecular weight excluding hydrogens is 1030 g/mol. The van der Waals surface area contributed by atoms with Gasteiger partial charge in [0.05, 0.1) is 11.5 Å².